The fourth-order valence-electron chi connectivity index (χ4n) is 2.37. The van der Waals surface area contributed by atoms with Gasteiger partial charge in [-0.3, -0.25) is 0 Å². The summed E-state index contributed by atoms with van der Waals surface area (Å²) in [5, 5.41) is 1.23. The van der Waals surface area contributed by atoms with Crippen LogP contribution in [0.5, 0.6) is 0 Å². The van der Waals surface area contributed by atoms with E-state index < -0.39 is 0 Å². The zero-order chi connectivity index (χ0) is 11.2. The summed E-state index contributed by atoms with van der Waals surface area (Å²) in [6.07, 6.45) is 4.14. The van der Waals surface area contributed by atoms with Crippen LogP contribution in [0.2, 0.25) is 0 Å². The smallest absolute Gasteiger partial charge is 0.0882 e. The topological polar surface area (TPSA) is 17.3 Å². The quantitative estimate of drug-likeness (QED) is 0.441. The zero-order valence-corrected chi connectivity index (χ0v) is 9.17. The van der Waals surface area contributed by atoms with Crippen molar-refractivity contribution >= 4 is 16.4 Å². The highest BCUT2D eigenvalue weighted by Gasteiger charge is 2.11. The Morgan fingerprint density at radius 3 is 2.82 bits per heavy atom. The lowest BCUT2D eigenvalue weighted by Gasteiger charge is -2.04. The molecule has 2 nitrogen and oxygen atoms in total. The van der Waals surface area contributed by atoms with Gasteiger partial charge < -0.3 is 4.40 Å². The molecule has 4 rings (SSSR count). The minimum Gasteiger partial charge on any atom is -0.322 e. The molecule has 0 bridgehead atoms. The largest absolute Gasteiger partial charge is 0.322 e. The zero-order valence-electron chi connectivity index (χ0n) is 9.17. The molecule has 0 saturated heterocycles. The predicted octanol–water partition coefficient (Wildman–Crippen LogP) is 3.59. The lowest BCUT2D eigenvalue weighted by molar-refractivity contribution is 1.15. The van der Waals surface area contributed by atoms with Crippen molar-refractivity contribution in [1.82, 2.24) is 9.38 Å². The van der Waals surface area contributed by atoms with Gasteiger partial charge in [0.1, 0.15) is 0 Å². The molecule has 2 aliphatic heterocycles. The van der Waals surface area contributed by atoms with Crippen molar-refractivity contribution in [2.75, 3.05) is 0 Å². The van der Waals surface area contributed by atoms with Crippen molar-refractivity contribution < 1.29 is 0 Å². The number of benzene rings is 1. The minimum atomic E-state index is 1.05. The lowest BCUT2D eigenvalue weighted by atomic mass is 10.1. The van der Waals surface area contributed by atoms with Gasteiger partial charge in [-0.05, 0) is 24.3 Å². The first kappa shape index (κ1) is 8.76. The van der Waals surface area contributed by atoms with Gasteiger partial charge in [-0.1, -0.05) is 24.3 Å². The van der Waals surface area contributed by atoms with Crippen LogP contribution in [-0.2, 0) is 0 Å². The summed E-state index contributed by atoms with van der Waals surface area (Å²) in [5.41, 5.74) is 4.54. The number of para-hydroxylation sites is 1. The van der Waals surface area contributed by atoms with Gasteiger partial charge in [-0.15, -0.1) is 0 Å². The molecule has 17 heavy (non-hydrogen) atoms. The van der Waals surface area contributed by atoms with Crippen LogP contribution in [0.3, 0.4) is 0 Å². The molecule has 0 aliphatic carbocycles. The van der Waals surface area contributed by atoms with E-state index in [4.69, 9.17) is 0 Å². The molecular weight excluding hydrogens is 208 g/mol. The predicted molar refractivity (Wildman–Crippen MR) is 69.3 cm³/mol. The van der Waals surface area contributed by atoms with E-state index in [0.29, 0.717) is 0 Å². The number of rotatable bonds is 0. The number of nitrogens with zero attached hydrogens (tertiary/aromatic N) is 2. The molecule has 0 saturated carbocycles. The van der Waals surface area contributed by atoms with E-state index in [1.54, 1.807) is 0 Å². The van der Waals surface area contributed by atoms with Gasteiger partial charge in [-0.25, -0.2) is 4.98 Å². The van der Waals surface area contributed by atoms with Crippen LogP contribution in [0.25, 0.3) is 27.7 Å². The monoisotopic (exact) mass is 218 g/mol. The average Bonchev–Trinajstić information content (AvgIpc) is 2.73. The van der Waals surface area contributed by atoms with Gasteiger partial charge in [0.2, 0.25) is 0 Å². The molecular formula is C15H10N2. The highest BCUT2D eigenvalue weighted by Crippen LogP contribution is 2.31. The van der Waals surface area contributed by atoms with E-state index in [2.05, 4.69) is 52.0 Å². The summed E-state index contributed by atoms with van der Waals surface area (Å²) in [5.74, 6) is 0. The van der Waals surface area contributed by atoms with E-state index in [1.807, 2.05) is 18.3 Å². The molecule has 2 heteroatoms. The summed E-state index contributed by atoms with van der Waals surface area (Å²) < 4.78 is 2.11. The van der Waals surface area contributed by atoms with E-state index >= 15 is 0 Å². The standard InChI is InChI=1S/C15H10N2/c1-2-7-14-12(6-1)13-9-11-5-3-4-8-17(11)10-15(13)16-14/h1-10H. The molecule has 0 spiro atoms. The van der Waals surface area contributed by atoms with Crippen LogP contribution in [0.1, 0.15) is 0 Å². The highest BCUT2D eigenvalue weighted by molar-refractivity contribution is 5.98. The Bertz CT molecular complexity index is 792. The molecule has 1 aromatic carbocycles. The molecule has 0 fully saturated rings. The molecule has 0 N–H and O–H groups in total. The van der Waals surface area contributed by atoms with Crippen molar-refractivity contribution in [3.63, 3.8) is 0 Å². The van der Waals surface area contributed by atoms with Gasteiger partial charge >= 0.3 is 0 Å². The second kappa shape index (κ2) is 3.08. The van der Waals surface area contributed by atoms with Gasteiger partial charge in [0.05, 0.1) is 11.2 Å². The molecule has 2 aliphatic rings. The fourth-order valence-corrected chi connectivity index (χ4v) is 2.37. The molecule has 0 amide bonds. The normalized spacial score (nSPS) is 11.5. The van der Waals surface area contributed by atoms with Crippen molar-refractivity contribution in [2.24, 2.45) is 0 Å². The number of fused-ring (bicyclic) bond motifs is 4. The molecule has 2 aromatic rings. The number of pyridine rings is 2. The molecule has 0 unspecified atom stereocenters. The molecule has 0 atom stereocenters. The van der Waals surface area contributed by atoms with E-state index in [0.717, 1.165) is 11.2 Å². The van der Waals surface area contributed by atoms with Gasteiger partial charge in [-0.2, -0.15) is 0 Å². The van der Waals surface area contributed by atoms with Crippen molar-refractivity contribution in [3.05, 3.63) is 60.9 Å². The molecule has 0 radical (unpaired) electrons. The van der Waals surface area contributed by atoms with Crippen LogP contribution in [0.4, 0.5) is 0 Å². The van der Waals surface area contributed by atoms with Crippen molar-refractivity contribution in [3.8, 4) is 11.3 Å². The third-order valence-corrected chi connectivity index (χ3v) is 3.19. The Hall–Kier alpha value is -2.35. The Kier molecular flexibility index (Phi) is 1.59. The van der Waals surface area contributed by atoms with Gasteiger partial charge in [0.25, 0.3) is 0 Å². The maximum Gasteiger partial charge on any atom is 0.0882 e. The maximum atomic E-state index is 4.64. The summed E-state index contributed by atoms with van der Waals surface area (Å²) >= 11 is 0. The summed E-state index contributed by atoms with van der Waals surface area (Å²) in [6.45, 7) is 0. The first-order chi connectivity index (χ1) is 8.42. The van der Waals surface area contributed by atoms with Crippen LogP contribution < -0.4 is 0 Å². The van der Waals surface area contributed by atoms with Crippen molar-refractivity contribution in [2.45, 2.75) is 0 Å². The lowest BCUT2D eigenvalue weighted by Crippen LogP contribution is -1.89. The maximum absolute atomic E-state index is 4.64. The second-order valence-corrected chi connectivity index (χ2v) is 4.23. The van der Waals surface area contributed by atoms with Crippen LogP contribution in [0.15, 0.2) is 60.9 Å². The van der Waals surface area contributed by atoms with E-state index in [9.17, 15) is 0 Å². The minimum absolute atomic E-state index is 1.05. The fraction of sp³-hybridized carbons (Fsp3) is 0. The number of aromatic nitrogens is 2. The van der Waals surface area contributed by atoms with E-state index in [-0.39, 0.29) is 0 Å². The number of hydrogen-bond acceptors (Lipinski definition) is 1. The Morgan fingerprint density at radius 2 is 1.82 bits per heavy atom. The van der Waals surface area contributed by atoms with Crippen molar-refractivity contribution in [1.29, 1.82) is 0 Å². The molecule has 80 valence electrons. The van der Waals surface area contributed by atoms with Crippen LogP contribution >= 0.6 is 0 Å². The summed E-state index contributed by atoms with van der Waals surface area (Å²) in [4.78, 5) is 4.64. The average molecular weight is 218 g/mol. The Morgan fingerprint density at radius 1 is 0.941 bits per heavy atom. The molecule has 3 heterocycles. The third-order valence-electron chi connectivity index (χ3n) is 3.19. The second-order valence-electron chi connectivity index (χ2n) is 4.23. The Labute approximate surface area is 98.5 Å². The summed E-state index contributed by atoms with van der Waals surface area (Å²) in [6, 6.07) is 16.7. The Balaban J connectivity index is 2.25. The number of hydrogen-bond donors (Lipinski definition) is 0. The molecule has 1 aromatic heterocycles. The van der Waals surface area contributed by atoms with Gasteiger partial charge in [0, 0.05) is 28.9 Å². The van der Waals surface area contributed by atoms with Crippen LogP contribution in [-0.4, -0.2) is 9.38 Å². The van der Waals surface area contributed by atoms with E-state index in [1.165, 1.54) is 16.5 Å². The first-order valence-corrected chi connectivity index (χ1v) is 5.67. The highest BCUT2D eigenvalue weighted by atomic mass is 14.9. The van der Waals surface area contributed by atoms with Crippen LogP contribution in [0, 0.1) is 0 Å². The SMILES string of the molecule is c1ccc2c3cc4ccccn4cc-3nc2c1. The third kappa shape index (κ3) is 1.18. The first-order valence-electron chi connectivity index (χ1n) is 5.67. The van der Waals surface area contributed by atoms with Gasteiger partial charge in [0.15, 0.2) is 0 Å². The summed E-state index contributed by atoms with van der Waals surface area (Å²) in [7, 11) is 0.